The molecule has 208 valence electrons. The summed E-state index contributed by atoms with van der Waals surface area (Å²) in [4.78, 5) is 39.2. The van der Waals surface area contributed by atoms with Crippen LogP contribution in [0.3, 0.4) is 0 Å². The van der Waals surface area contributed by atoms with E-state index in [0.29, 0.717) is 38.2 Å². The minimum atomic E-state index is -0.555. The molecule has 1 atom stereocenters. The van der Waals surface area contributed by atoms with Crippen molar-refractivity contribution in [3.8, 4) is 0 Å². The van der Waals surface area contributed by atoms with Gasteiger partial charge in [-0.3, -0.25) is 19.1 Å². The quantitative estimate of drug-likeness (QED) is 0.329. The molecule has 1 aliphatic heterocycles. The number of nitrogen functional groups attached to an aromatic ring is 1. The summed E-state index contributed by atoms with van der Waals surface area (Å²) in [6, 6.07) is 7.16. The number of nitrogens with zero attached hydrogens (tertiary/aromatic N) is 4. The normalized spacial score (nSPS) is 13.4. The standard InChI is InChI=1S/C26H33N7O2.3ClH/c1-3-4-5-18-6-8-20(29-14-18)12-13-28-24-26(35)33-21(16-30-24)9-10-22(33)25(34)31-15-19-7-11-23(27)32-17(19)2;;;/h6-8,11,14,16,22H,3-5,9-10,12-13,15H2,1-2H3,(H2,27,32)(H,28,30)(H,31,34);3*1H/t22-;;;/m0.../s1. The maximum Gasteiger partial charge on any atom is 0.294 e. The molecule has 0 unspecified atom stereocenters. The molecule has 9 nitrogen and oxygen atoms in total. The number of aromatic nitrogens is 4. The molecular formula is C26H36Cl3N7O2. The largest absolute Gasteiger partial charge is 0.384 e. The third-order valence-corrected chi connectivity index (χ3v) is 6.41. The molecule has 3 aromatic rings. The lowest BCUT2D eigenvalue weighted by atomic mass is 10.1. The van der Waals surface area contributed by atoms with Crippen LogP contribution in [0.15, 0.2) is 41.5 Å². The molecule has 1 aliphatic rings. The van der Waals surface area contributed by atoms with Gasteiger partial charge in [-0.1, -0.05) is 25.5 Å². The van der Waals surface area contributed by atoms with Gasteiger partial charge in [0.25, 0.3) is 5.56 Å². The van der Waals surface area contributed by atoms with Crippen LogP contribution >= 0.6 is 37.2 Å². The van der Waals surface area contributed by atoms with Crippen molar-refractivity contribution in [3.63, 3.8) is 0 Å². The second-order valence-electron chi connectivity index (χ2n) is 8.96. The number of carbonyl (C=O) groups is 1. The van der Waals surface area contributed by atoms with Crippen molar-refractivity contribution >= 4 is 54.8 Å². The Hall–Kier alpha value is -2.88. The fourth-order valence-corrected chi connectivity index (χ4v) is 4.35. The molecule has 12 heteroatoms. The molecule has 4 N–H and O–H groups in total. The van der Waals surface area contributed by atoms with Gasteiger partial charge in [0.05, 0.1) is 0 Å². The average Bonchev–Trinajstić information content (AvgIpc) is 3.29. The predicted molar refractivity (Wildman–Crippen MR) is 158 cm³/mol. The maximum atomic E-state index is 13.1. The van der Waals surface area contributed by atoms with Crippen molar-refractivity contribution in [2.75, 3.05) is 17.6 Å². The zero-order valence-electron chi connectivity index (χ0n) is 21.6. The van der Waals surface area contributed by atoms with Gasteiger partial charge in [-0.2, -0.15) is 0 Å². The number of unbranched alkanes of at least 4 members (excludes halogenated alkanes) is 1. The molecule has 4 rings (SSSR count). The van der Waals surface area contributed by atoms with Crippen LogP contribution in [0, 0.1) is 6.92 Å². The molecule has 0 aliphatic carbocycles. The van der Waals surface area contributed by atoms with E-state index in [1.807, 2.05) is 25.3 Å². The zero-order valence-corrected chi connectivity index (χ0v) is 24.1. The molecule has 0 saturated heterocycles. The van der Waals surface area contributed by atoms with Gasteiger partial charge in [0, 0.05) is 49.0 Å². The van der Waals surface area contributed by atoms with Crippen LogP contribution in [0.25, 0.3) is 0 Å². The summed E-state index contributed by atoms with van der Waals surface area (Å²) >= 11 is 0. The first-order valence-electron chi connectivity index (χ1n) is 12.2. The number of pyridine rings is 2. The van der Waals surface area contributed by atoms with Crippen molar-refractivity contribution in [1.29, 1.82) is 0 Å². The number of rotatable bonds is 10. The molecular weight excluding hydrogens is 549 g/mol. The highest BCUT2D eigenvalue weighted by atomic mass is 35.5. The number of aryl methyl sites for hydroxylation is 3. The highest BCUT2D eigenvalue weighted by Crippen LogP contribution is 2.24. The van der Waals surface area contributed by atoms with Crippen LogP contribution in [-0.4, -0.2) is 32.0 Å². The second-order valence-corrected chi connectivity index (χ2v) is 8.96. The van der Waals surface area contributed by atoms with Crippen LogP contribution in [0.5, 0.6) is 0 Å². The third-order valence-electron chi connectivity index (χ3n) is 6.41. The molecule has 0 saturated carbocycles. The lowest BCUT2D eigenvalue weighted by Gasteiger charge is -2.16. The molecule has 1 amide bonds. The minimum absolute atomic E-state index is 0. The van der Waals surface area contributed by atoms with Crippen LogP contribution in [0.2, 0.25) is 0 Å². The Bertz CT molecular complexity index is 1250. The monoisotopic (exact) mass is 583 g/mol. The van der Waals surface area contributed by atoms with Gasteiger partial charge < -0.3 is 16.4 Å². The fourth-order valence-electron chi connectivity index (χ4n) is 4.35. The number of amides is 1. The number of fused-ring (bicyclic) bond motifs is 1. The number of anilines is 2. The Labute approximate surface area is 241 Å². The van der Waals surface area contributed by atoms with Crippen LogP contribution in [-0.2, 0) is 30.6 Å². The van der Waals surface area contributed by atoms with E-state index in [2.05, 4.69) is 38.6 Å². The Morgan fingerprint density at radius 2 is 1.89 bits per heavy atom. The SMILES string of the molecule is CCCCc1ccc(CCNc2ncc3n(c2=O)[C@H](C(=O)NCc2ccc(N)nc2C)CC3)nc1.Cl.Cl.Cl. The lowest BCUT2D eigenvalue weighted by Crippen LogP contribution is -2.36. The maximum absolute atomic E-state index is 13.1. The molecule has 0 radical (unpaired) electrons. The first kappa shape index (κ1) is 33.1. The molecule has 3 aromatic heterocycles. The fraction of sp³-hybridized carbons (Fsp3) is 0.423. The molecule has 38 heavy (non-hydrogen) atoms. The van der Waals surface area contributed by atoms with E-state index in [9.17, 15) is 9.59 Å². The Balaban J connectivity index is 0.00000241. The first-order valence-corrected chi connectivity index (χ1v) is 12.2. The average molecular weight is 585 g/mol. The van der Waals surface area contributed by atoms with Gasteiger partial charge >= 0.3 is 0 Å². The summed E-state index contributed by atoms with van der Waals surface area (Å²) in [5.41, 5.74) is 10.1. The highest BCUT2D eigenvalue weighted by molar-refractivity contribution is 5.86. The summed E-state index contributed by atoms with van der Waals surface area (Å²) in [5, 5.41) is 6.08. The van der Waals surface area contributed by atoms with Crippen molar-refractivity contribution in [3.05, 3.63) is 75.2 Å². The molecule has 0 spiro atoms. The van der Waals surface area contributed by atoms with E-state index in [1.54, 1.807) is 16.8 Å². The Morgan fingerprint density at radius 3 is 2.58 bits per heavy atom. The summed E-state index contributed by atoms with van der Waals surface area (Å²) in [5.74, 6) is 0.513. The number of hydrogen-bond donors (Lipinski definition) is 3. The zero-order chi connectivity index (χ0) is 24.8. The van der Waals surface area contributed by atoms with Gasteiger partial charge in [-0.05, 0) is 55.9 Å². The Morgan fingerprint density at radius 1 is 1.11 bits per heavy atom. The first-order chi connectivity index (χ1) is 17.0. The van der Waals surface area contributed by atoms with Gasteiger partial charge in [-0.25, -0.2) is 9.97 Å². The molecule has 0 bridgehead atoms. The highest BCUT2D eigenvalue weighted by Gasteiger charge is 2.30. The molecule has 4 heterocycles. The lowest BCUT2D eigenvalue weighted by molar-refractivity contribution is -0.124. The van der Waals surface area contributed by atoms with Crippen LogP contribution in [0.1, 0.15) is 60.4 Å². The smallest absolute Gasteiger partial charge is 0.294 e. The van der Waals surface area contributed by atoms with Gasteiger partial charge in [-0.15, -0.1) is 37.2 Å². The van der Waals surface area contributed by atoms with E-state index >= 15 is 0 Å². The number of hydrogen-bond acceptors (Lipinski definition) is 7. The van der Waals surface area contributed by atoms with Crippen molar-refractivity contribution < 1.29 is 4.79 Å². The number of carbonyl (C=O) groups excluding carboxylic acids is 1. The molecule has 0 fully saturated rings. The van der Waals surface area contributed by atoms with E-state index in [0.717, 1.165) is 41.9 Å². The third kappa shape index (κ3) is 8.06. The van der Waals surface area contributed by atoms with Crippen LogP contribution in [0.4, 0.5) is 11.6 Å². The van der Waals surface area contributed by atoms with Crippen molar-refractivity contribution in [1.82, 2.24) is 24.8 Å². The predicted octanol–water partition coefficient (Wildman–Crippen LogP) is 3.99. The Kier molecular flexibility index (Phi) is 13.5. The van der Waals surface area contributed by atoms with E-state index in [1.165, 1.54) is 5.56 Å². The number of nitrogens with two attached hydrogens (primary N) is 1. The molecule has 0 aromatic carbocycles. The van der Waals surface area contributed by atoms with E-state index in [4.69, 9.17) is 5.73 Å². The van der Waals surface area contributed by atoms with Crippen molar-refractivity contribution in [2.24, 2.45) is 0 Å². The van der Waals surface area contributed by atoms with Gasteiger partial charge in [0.15, 0.2) is 5.82 Å². The second kappa shape index (κ2) is 15.5. The van der Waals surface area contributed by atoms with Crippen molar-refractivity contribution in [2.45, 2.75) is 65.0 Å². The summed E-state index contributed by atoms with van der Waals surface area (Å²) in [6.45, 7) is 4.90. The summed E-state index contributed by atoms with van der Waals surface area (Å²) < 4.78 is 1.57. The topological polar surface area (TPSA) is 128 Å². The number of nitrogens with one attached hydrogen (secondary N) is 2. The summed E-state index contributed by atoms with van der Waals surface area (Å²) in [6.07, 6.45) is 8.87. The van der Waals surface area contributed by atoms with Gasteiger partial charge in [0.2, 0.25) is 5.91 Å². The minimum Gasteiger partial charge on any atom is -0.384 e. The van der Waals surface area contributed by atoms with E-state index in [-0.39, 0.29) is 54.5 Å². The summed E-state index contributed by atoms with van der Waals surface area (Å²) in [7, 11) is 0. The van der Waals surface area contributed by atoms with Gasteiger partial charge in [0.1, 0.15) is 11.9 Å². The number of halogens is 3. The van der Waals surface area contributed by atoms with E-state index < -0.39 is 6.04 Å². The van der Waals surface area contributed by atoms with Crippen LogP contribution < -0.4 is 21.9 Å².